The fourth-order valence-corrected chi connectivity index (χ4v) is 4.10. The molecule has 0 aromatic carbocycles. The highest BCUT2D eigenvalue weighted by molar-refractivity contribution is 7.14. The number of hydrogen-bond donors (Lipinski definition) is 1. The number of amides is 1. The van der Waals surface area contributed by atoms with E-state index in [0.717, 1.165) is 23.3 Å². The van der Waals surface area contributed by atoms with Gasteiger partial charge in [0.25, 0.3) is 5.91 Å². The predicted octanol–water partition coefficient (Wildman–Crippen LogP) is 3.40. The lowest BCUT2D eigenvalue weighted by Crippen LogP contribution is -2.25. The van der Waals surface area contributed by atoms with Crippen molar-refractivity contribution in [3.05, 3.63) is 39.3 Å². The lowest BCUT2D eigenvalue weighted by atomic mass is 10.00. The van der Waals surface area contributed by atoms with Crippen molar-refractivity contribution in [3.8, 4) is 0 Å². The molecule has 2 aromatic heterocycles. The van der Waals surface area contributed by atoms with Crippen LogP contribution in [0.3, 0.4) is 0 Å². The number of H-pyrrole nitrogens is 1. The first-order valence-corrected chi connectivity index (χ1v) is 8.40. The Labute approximate surface area is 129 Å². The molecule has 2 heterocycles. The van der Waals surface area contributed by atoms with Crippen LogP contribution in [0.15, 0.2) is 18.5 Å². The molecule has 0 atom stereocenters. The Morgan fingerprint density at radius 3 is 2.90 bits per heavy atom. The van der Waals surface area contributed by atoms with Gasteiger partial charge in [-0.3, -0.25) is 9.89 Å². The zero-order valence-electron chi connectivity index (χ0n) is 12.4. The molecule has 2 aromatic rings. The number of fused-ring (bicyclic) bond motifs is 1. The third kappa shape index (κ3) is 3.35. The quantitative estimate of drug-likeness (QED) is 0.944. The number of nitrogens with one attached hydrogen (secondary N) is 1. The van der Waals surface area contributed by atoms with Gasteiger partial charge in [-0.2, -0.15) is 5.10 Å². The minimum atomic E-state index is 0.118. The average Bonchev–Trinajstić information content (AvgIpc) is 3.08. The molecule has 1 N–H and O–H groups in total. The number of carbonyl (C=O) groups is 1. The number of thiophene rings is 1. The van der Waals surface area contributed by atoms with E-state index in [1.165, 1.54) is 36.1 Å². The van der Waals surface area contributed by atoms with Gasteiger partial charge in [-0.1, -0.05) is 12.8 Å². The van der Waals surface area contributed by atoms with Gasteiger partial charge >= 0.3 is 0 Å². The Morgan fingerprint density at radius 1 is 1.33 bits per heavy atom. The molecule has 1 amide bonds. The van der Waals surface area contributed by atoms with Gasteiger partial charge in [0.2, 0.25) is 0 Å². The van der Waals surface area contributed by atoms with Crippen molar-refractivity contribution in [1.29, 1.82) is 0 Å². The summed E-state index contributed by atoms with van der Waals surface area (Å²) in [5, 5.41) is 6.70. The molecule has 0 fully saturated rings. The molecule has 0 bridgehead atoms. The highest BCUT2D eigenvalue weighted by atomic mass is 32.1. The summed E-state index contributed by atoms with van der Waals surface area (Å²) in [5.41, 5.74) is 2.43. The van der Waals surface area contributed by atoms with Crippen molar-refractivity contribution < 1.29 is 4.79 Å². The van der Waals surface area contributed by atoms with Crippen LogP contribution >= 0.6 is 11.3 Å². The van der Waals surface area contributed by atoms with E-state index in [0.29, 0.717) is 6.54 Å². The summed E-state index contributed by atoms with van der Waals surface area (Å²) in [6.45, 7) is 0.595. The van der Waals surface area contributed by atoms with E-state index in [2.05, 4.69) is 16.3 Å². The van der Waals surface area contributed by atoms with E-state index in [1.807, 2.05) is 13.2 Å². The van der Waals surface area contributed by atoms with Crippen molar-refractivity contribution >= 4 is 17.2 Å². The fraction of sp³-hybridized carbons (Fsp3) is 0.500. The zero-order valence-corrected chi connectivity index (χ0v) is 13.2. The van der Waals surface area contributed by atoms with Gasteiger partial charge in [0.1, 0.15) is 0 Å². The largest absolute Gasteiger partial charge is 0.337 e. The maximum absolute atomic E-state index is 12.6. The van der Waals surface area contributed by atoms with Crippen molar-refractivity contribution in [1.82, 2.24) is 15.1 Å². The Balaban J connectivity index is 1.73. The Morgan fingerprint density at radius 2 is 2.14 bits per heavy atom. The van der Waals surface area contributed by atoms with Crippen LogP contribution in [-0.4, -0.2) is 28.1 Å². The molecule has 3 rings (SSSR count). The van der Waals surface area contributed by atoms with E-state index in [-0.39, 0.29) is 5.91 Å². The molecule has 0 saturated heterocycles. The monoisotopic (exact) mass is 303 g/mol. The molecular formula is C16H21N3OS. The van der Waals surface area contributed by atoms with Crippen molar-refractivity contribution in [2.45, 2.75) is 45.1 Å². The standard InChI is InChI=1S/C16H21N3OS/c1-19(11-12-9-17-18-10-12)16(20)15-8-13-6-4-2-3-5-7-14(13)21-15/h8-10H,2-7,11H2,1H3,(H,17,18). The Bertz CT molecular complexity index is 578. The van der Waals surface area contributed by atoms with Gasteiger partial charge in [0.05, 0.1) is 11.1 Å². The summed E-state index contributed by atoms with van der Waals surface area (Å²) < 4.78 is 0. The van der Waals surface area contributed by atoms with Gasteiger partial charge in [-0.25, -0.2) is 0 Å². The Hall–Kier alpha value is -1.62. The Kier molecular flexibility index (Phi) is 4.39. The van der Waals surface area contributed by atoms with Crippen molar-refractivity contribution in [3.63, 3.8) is 0 Å². The minimum absolute atomic E-state index is 0.118. The van der Waals surface area contributed by atoms with E-state index in [1.54, 1.807) is 22.4 Å². The minimum Gasteiger partial charge on any atom is -0.337 e. The molecule has 0 spiro atoms. The second-order valence-electron chi connectivity index (χ2n) is 5.74. The van der Waals surface area contributed by atoms with Gasteiger partial charge in [0, 0.05) is 30.2 Å². The molecule has 112 valence electrons. The summed E-state index contributed by atoms with van der Waals surface area (Å²) in [5.74, 6) is 0.118. The number of rotatable bonds is 3. The topological polar surface area (TPSA) is 49.0 Å². The summed E-state index contributed by atoms with van der Waals surface area (Å²) in [6.07, 6.45) is 11.0. The van der Waals surface area contributed by atoms with E-state index in [9.17, 15) is 4.79 Å². The highest BCUT2D eigenvalue weighted by Gasteiger charge is 2.18. The third-order valence-electron chi connectivity index (χ3n) is 4.03. The molecule has 0 aliphatic heterocycles. The molecule has 1 aliphatic rings. The van der Waals surface area contributed by atoms with Crippen LogP contribution in [0, 0.1) is 0 Å². The van der Waals surface area contributed by atoms with Crippen LogP contribution < -0.4 is 0 Å². The molecule has 5 heteroatoms. The number of aromatic nitrogens is 2. The third-order valence-corrected chi connectivity index (χ3v) is 5.25. The maximum Gasteiger partial charge on any atom is 0.263 e. The van der Waals surface area contributed by atoms with Crippen LogP contribution in [0.4, 0.5) is 0 Å². The first kappa shape index (κ1) is 14.3. The number of aromatic amines is 1. The smallest absolute Gasteiger partial charge is 0.263 e. The molecule has 4 nitrogen and oxygen atoms in total. The molecule has 0 saturated carbocycles. The van der Waals surface area contributed by atoms with Crippen molar-refractivity contribution in [2.24, 2.45) is 0 Å². The van der Waals surface area contributed by atoms with Gasteiger partial charge in [-0.15, -0.1) is 11.3 Å². The molecule has 21 heavy (non-hydrogen) atoms. The summed E-state index contributed by atoms with van der Waals surface area (Å²) in [6, 6.07) is 2.12. The second-order valence-corrected chi connectivity index (χ2v) is 6.88. The zero-order chi connectivity index (χ0) is 14.7. The first-order chi connectivity index (χ1) is 10.2. The first-order valence-electron chi connectivity index (χ1n) is 7.59. The van der Waals surface area contributed by atoms with E-state index >= 15 is 0 Å². The number of aryl methyl sites for hydroxylation is 2. The summed E-state index contributed by atoms with van der Waals surface area (Å²) in [4.78, 5) is 16.6. The fourth-order valence-electron chi connectivity index (χ4n) is 2.85. The second kappa shape index (κ2) is 6.43. The predicted molar refractivity (Wildman–Crippen MR) is 84.6 cm³/mol. The molecule has 0 radical (unpaired) electrons. The molecular weight excluding hydrogens is 282 g/mol. The van der Waals surface area contributed by atoms with Gasteiger partial charge in [-0.05, 0) is 37.3 Å². The normalized spacial score (nSPS) is 15.1. The van der Waals surface area contributed by atoms with E-state index in [4.69, 9.17) is 0 Å². The van der Waals surface area contributed by atoms with Crippen LogP contribution in [0.2, 0.25) is 0 Å². The van der Waals surface area contributed by atoms with Crippen LogP contribution in [0.25, 0.3) is 0 Å². The average molecular weight is 303 g/mol. The lowest BCUT2D eigenvalue weighted by Gasteiger charge is -2.14. The van der Waals surface area contributed by atoms with Gasteiger partial charge < -0.3 is 4.90 Å². The van der Waals surface area contributed by atoms with E-state index < -0.39 is 0 Å². The van der Waals surface area contributed by atoms with Crippen LogP contribution in [0.1, 0.15) is 51.4 Å². The maximum atomic E-state index is 12.6. The summed E-state index contributed by atoms with van der Waals surface area (Å²) >= 11 is 1.69. The highest BCUT2D eigenvalue weighted by Crippen LogP contribution is 2.29. The van der Waals surface area contributed by atoms with Gasteiger partial charge in [0.15, 0.2) is 0 Å². The van der Waals surface area contributed by atoms with Crippen LogP contribution in [0.5, 0.6) is 0 Å². The SMILES string of the molecule is CN(Cc1cn[nH]c1)C(=O)c1cc2c(s1)CCCCCC2. The number of nitrogens with zero attached hydrogens (tertiary/aromatic N) is 2. The summed E-state index contributed by atoms with van der Waals surface area (Å²) in [7, 11) is 1.85. The molecule has 1 aliphatic carbocycles. The number of carbonyl (C=O) groups excluding carboxylic acids is 1. The lowest BCUT2D eigenvalue weighted by molar-refractivity contribution is 0.0790. The van der Waals surface area contributed by atoms with Crippen LogP contribution in [-0.2, 0) is 19.4 Å². The number of hydrogen-bond acceptors (Lipinski definition) is 3. The molecule has 0 unspecified atom stereocenters. The van der Waals surface area contributed by atoms with Crippen molar-refractivity contribution in [2.75, 3.05) is 7.05 Å².